The van der Waals surface area contributed by atoms with Crippen LogP contribution >= 0.6 is 46.4 Å². The number of hydrogen-bond acceptors (Lipinski definition) is 3. The minimum absolute atomic E-state index is 0.0345. The molecule has 1 aliphatic carbocycles. The lowest BCUT2D eigenvalue weighted by molar-refractivity contribution is -0.117. The fraction of sp³-hybridized carbons (Fsp3) is 0.208. The molecule has 1 aliphatic rings. The number of ketones is 1. The first-order valence-corrected chi connectivity index (χ1v) is 11.8. The van der Waals surface area contributed by atoms with Gasteiger partial charge in [0.25, 0.3) is 6.43 Å². The van der Waals surface area contributed by atoms with Gasteiger partial charge >= 0.3 is 0 Å². The third-order valence-corrected chi connectivity index (χ3v) is 7.12. The number of rotatable bonds is 7. The van der Waals surface area contributed by atoms with E-state index < -0.39 is 52.3 Å². The number of hydrogen-bond donors (Lipinski definition) is 1. The molecule has 188 valence electrons. The maximum atomic E-state index is 13.9. The van der Waals surface area contributed by atoms with Crippen LogP contribution in [0, 0.1) is 17.6 Å². The third kappa shape index (κ3) is 5.47. The minimum Gasteiger partial charge on any atom is -0.326 e. The average Bonchev–Trinajstić information content (AvgIpc) is 3.38. The number of benzene rings is 2. The lowest BCUT2D eigenvalue weighted by Gasteiger charge is -2.10. The summed E-state index contributed by atoms with van der Waals surface area (Å²) in [5.74, 6) is -4.94. The van der Waals surface area contributed by atoms with Gasteiger partial charge in [-0.05, 0) is 42.0 Å². The Balaban J connectivity index is 1.52. The molecule has 1 aromatic heterocycles. The molecule has 1 fully saturated rings. The predicted octanol–water partition coefficient (Wildman–Crippen LogP) is 7.56. The van der Waals surface area contributed by atoms with E-state index in [0.717, 1.165) is 12.3 Å². The van der Waals surface area contributed by atoms with Crippen molar-refractivity contribution >= 4 is 63.8 Å². The number of anilines is 1. The van der Waals surface area contributed by atoms with Crippen LogP contribution in [0.1, 0.15) is 39.5 Å². The number of pyridine rings is 1. The van der Waals surface area contributed by atoms with Crippen molar-refractivity contribution < 1.29 is 27.2 Å². The van der Waals surface area contributed by atoms with Crippen LogP contribution in [0.4, 0.5) is 23.2 Å². The molecule has 1 amide bonds. The fourth-order valence-corrected chi connectivity index (χ4v) is 5.17. The molecule has 0 bridgehead atoms. The SMILES string of the molecule is O=C(Cc1ncc(F)cc1F)c1cc(NC(=O)C2C(c3cc(Cl)cc(C(F)F)c3)C2(Cl)Cl)ccc1Cl. The first-order valence-electron chi connectivity index (χ1n) is 10.3. The number of Topliss-reactive ketones (excluding diaryl/α,β-unsaturated/α-hetero) is 1. The van der Waals surface area contributed by atoms with Crippen molar-refractivity contribution in [1.82, 2.24) is 4.98 Å². The van der Waals surface area contributed by atoms with Crippen molar-refractivity contribution in [2.75, 3.05) is 5.32 Å². The molecule has 1 saturated carbocycles. The standard InChI is InChI=1S/C24H14Cl4F4N2O2/c25-12-4-10(3-11(5-12)22(31)32)20-21(24(20,27)28)23(36)34-14-1-2-16(26)15(7-14)19(35)8-18-17(30)6-13(29)9-33-18/h1-7,9,20-22H,8H2,(H,34,36). The highest BCUT2D eigenvalue weighted by Crippen LogP contribution is 2.65. The highest BCUT2D eigenvalue weighted by molar-refractivity contribution is 6.53. The van der Waals surface area contributed by atoms with Crippen LogP contribution in [0.15, 0.2) is 48.7 Å². The van der Waals surface area contributed by atoms with Crippen molar-refractivity contribution in [3.8, 4) is 0 Å². The molecule has 0 spiro atoms. The monoisotopic (exact) mass is 578 g/mol. The molecule has 3 aromatic rings. The fourth-order valence-electron chi connectivity index (χ4n) is 3.87. The molecular formula is C24H14Cl4F4N2O2. The van der Waals surface area contributed by atoms with E-state index in [4.69, 9.17) is 46.4 Å². The Hall–Kier alpha value is -2.39. The summed E-state index contributed by atoms with van der Waals surface area (Å²) >= 11 is 24.7. The summed E-state index contributed by atoms with van der Waals surface area (Å²) in [7, 11) is 0. The van der Waals surface area contributed by atoms with Gasteiger partial charge in [-0.1, -0.05) is 23.2 Å². The van der Waals surface area contributed by atoms with Gasteiger partial charge in [0, 0.05) is 33.8 Å². The van der Waals surface area contributed by atoms with Crippen molar-refractivity contribution in [1.29, 1.82) is 0 Å². The van der Waals surface area contributed by atoms with Gasteiger partial charge in [-0.15, -0.1) is 23.2 Å². The van der Waals surface area contributed by atoms with E-state index in [0.29, 0.717) is 6.07 Å². The summed E-state index contributed by atoms with van der Waals surface area (Å²) in [4.78, 5) is 29.2. The quantitative estimate of drug-likeness (QED) is 0.178. The summed E-state index contributed by atoms with van der Waals surface area (Å²) in [6.45, 7) is 0. The highest BCUT2D eigenvalue weighted by atomic mass is 35.5. The van der Waals surface area contributed by atoms with E-state index in [-0.39, 0.29) is 38.1 Å². The van der Waals surface area contributed by atoms with Gasteiger partial charge in [-0.25, -0.2) is 17.6 Å². The van der Waals surface area contributed by atoms with E-state index in [2.05, 4.69) is 10.3 Å². The highest BCUT2D eigenvalue weighted by Gasteiger charge is 2.67. The molecule has 0 saturated heterocycles. The second kappa shape index (κ2) is 10.2. The summed E-state index contributed by atoms with van der Waals surface area (Å²) in [6, 6.07) is 8.36. The third-order valence-electron chi connectivity index (χ3n) is 5.64. The van der Waals surface area contributed by atoms with Crippen molar-refractivity contribution in [3.05, 3.63) is 92.7 Å². The molecule has 0 aliphatic heterocycles. The van der Waals surface area contributed by atoms with Crippen molar-refractivity contribution in [3.63, 3.8) is 0 Å². The topological polar surface area (TPSA) is 59.1 Å². The first kappa shape index (κ1) is 26.7. The largest absolute Gasteiger partial charge is 0.326 e. The van der Waals surface area contributed by atoms with Crippen LogP contribution < -0.4 is 5.32 Å². The summed E-state index contributed by atoms with van der Waals surface area (Å²) < 4.78 is 51.7. The predicted molar refractivity (Wildman–Crippen MR) is 129 cm³/mol. The number of halogens is 8. The van der Waals surface area contributed by atoms with Gasteiger partial charge in [0.1, 0.15) is 16.0 Å². The number of carbonyl (C=O) groups excluding carboxylic acids is 2. The Labute approximate surface area is 222 Å². The molecule has 1 N–H and O–H groups in total. The lowest BCUT2D eigenvalue weighted by Crippen LogP contribution is -2.17. The Bertz CT molecular complexity index is 1370. The van der Waals surface area contributed by atoms with E-state index >= 15 is 0 Å². The van der Waals surface area contributed by atoms with Crippen LogP contribution in [-0.4, -0.2) is 21.0 Å². The number of alkyl halides is 4. The van der Waals surface area contributed by atoms with E-state index in [9.17, 15) is 27.2 Å². The van der Waals surface area contributed by atoms with E-state index in [1.807, 2.05) is 0 Å². The number of nitrogens with one attached hydrogen (secondary N) is 1. The molecule has 2 atom stereocenters. The van der Waals surface area contributed by atoms with Crippen LogP contribution in [0.25, 0.3) is 0 Å². The Kier molecular flexibility index (Phi) is 7.53. The number of carbonyl (C=O) groups is 2. The van der Waals surface area contributed by atoms with Gasteiger partial charge in [0.2, 0.25) is 5.91 Å². The van der Waals surface area contributed by atoms with Crippen LogP contribution in [0.3, 0.4) is 0 Å². The summed E-state index contributed by atoms with van der Waals surface area (Å²) in [5, 5.41) is 2.66. The number of amides is 1. The maximum absolute atomic E-state index is 13.9. The maximum Gasteiger partial charge on any atom is 0.263 e. The molecular weight excluding hydrogens is 566 g/mol. The molecule has 4 nitrogen and oxygen atoms in total. The Morgan fingerprint density at radius 1 is 1.06 bits per heavy atom. The van der Waals surface area contributed by atoms with Gasteiger partial charge in [0.15, 0.2) is 5.78 Å². The average molecular weight is 580 g/mol. The lowest BCUT2D eigenvalue weighted by atomic mass is 10.0. The van der Waals surface area contributed by atoms with Crippen LogP contribution in [0.5, 0.6) is 0 Å². The Morgan fingerprint density at radius 2 is 1.78 bits per heavy atom. The summed E-state index contributed by atoms with van der Waals surface area (Å²) in [5.41, 5.74) is -0.197. The van der Waals surface area contributed by atoms with Crippen molar-refractivity contribution in [2.24, 2.45) is 5.92 Å². The van der Waals surface area contributed by atoms with Gasteiger partial charge in [-0.3, -0.25) is 14.6 Å². The minimum atomic E-state index is -2.78. The molecule has 12 heteroatoms. The van der Waals surface area contributed by atoms with E-state index in [1.165, 1.54) is 30.3 Å². The van der Waals surface area contributed by atoms with Gasteiger partial charge < -0.3 is 5.32 Å². The van der Waals surface area contributed by atoms with Gasteiger partial charge in [-0.2, -0.15) is 0 Å². The molecule has 0 radical (unpaired) electrons. The zero-order valence-electron chi connectivity index (χ0n) is 17.8. The molecule has 36 heavy (non-hydrogen) atoms. The summed E-state index contributed by atoms with van der Waals surface area (Å²) in [6.07, 6.45) is -2.50. The molecule has 2 unspecified atom stereocenters. The number of aromatic nitrogens is 1. The molecule has 4 rings (SSSR count). The van der Waals surface area contributed by atoms with Gasteiger partial charge in [0.05, 0.1) is 29.3 Å². The first-order chi connectivity index (χ1) is 16.9. The van der Waals surface area contributed by atoms with E-state index in [1.54, 1.807) is 0 Å². The normalized spacial score (nSPS) is 18.2. The zero-order valence-corrected chi connectivity index (χ0v) is 20.9. The number of nitrogens with zero attached hydrogens (tertiary/aromatic N) is 1. The smallest absolute Gasteiger partial charge is 0.263 e. The Morgan fingerprint density at radius 3 is 2.44 bits per heavy atom. The second-order valence-corrected chi connectivity index (χ2v) is 10.4. The zero-order chi connectivity index (χ0) is 26.4. The van der Waals surface area contributed by atoms with Crippen molar-refractivity contribution in [2.45, 2.75) is 23.1 Å². The van der Waals surface area contributed by atoms with Crippen LogP contribution in [0.2, 0.25) is 10.0 Å². The molecule has 2 aromatic carbocycles. The van der Waals surface area contributed by atoms with Crippen LogP contribution in [-0.2, 0) is 11.2 Å². The second-order valence-electron chi connectivity index (χ2n) is 8.11. The molecule has 1 heterocycles.